The van der Waals surface area contributed by atoms with Crippen LogP contribution in [-0.2, 0) is 0 Å². The minimum atomic E-state index is -3.11. The van der Waals surface area contributed by atoms with Crippen molar-refractivity contribution in [1.29, 1.82) is 0 Å². The third-order valence-electron chi connectivity index (χ3n) is 2.94. The first-order chi connectivity index (χ1) is 9.93. The van der Waals surface area contributed by atoms with E-state index in [0.717, 1.165) is 5.69 Å². The topological polar surface area (TPSA) is 85.8 Å². The van der Waals surface area contributed by atoms with Gasteiger partial charge in [-0.15, -0.1) is 12.4 Å². The molecule has 1 aromatic carbocycles. The summed E-state index contributed by atoms with van der Waals surface area (Å²) in [6, 6.07) is 4.95. The first-order valence-corrected chi connectivity index (χ1v) is 6.25. The Balaban J connectivity index is 0.00000242. The van der Waals surface area contributed by atoms with Crippen LogP contribution in [0.15, 0.2) is 30.9 Å². The van der Waals surface area contributed by atoms with Crippen LogP contribution in [0, 0.1) is 6.92 Å². The molecule has 0 fully saturated rings. The van der Waals surface area contributed by atoms with Crippen molar-refractivity contribution < 1.29 is 13.6 Å². The van der Waals surface area contributed by atoms with Gasteiger partial charge in [0.1, 0.15) is 12.7 Å². The van der Waals surface area contributed by atoms with Crippen molar-refractivity contribution in [2.45, 2.75) is 12.8 Å². The molecule has 0 bridgehead atoms. The lowest BCUT2D eigenvalue weighted by Crippen LogP contribution is -2.41. The number of aryl methyl sites for hydroxylation is 1. The van der Waals surface area contributed by atoms with Crippen LogP contribution in [0.4, 0.5) is 8.78 Å². The summed E-state index contributed by atoms with van der Waals surface area (Å²) in [5.74, 6) is -3.67. The average molecular weight is 332 g/mol. The molecule has 0 saturated carbocycles. The number of alkyl halides is 2. The quantitative estimate of drug-likeness (QED) is 0.865. The maximum Gasteiger partial charge on any atom is 0.277 e. The number of nitrogens with two attached hydrogens (primary N) is 1. The molecule has 2 aromatic rings. The summed E-state index contributed by atoms with van der Waals surface area (Å²) in [4.78, 5) is 15.7. The number of aromatic nitrogens is 3. The van der Waals surface area contributed by atoms with Crippen molar-refractivity contribution in [3.8, 4) is 5.69 Å². The standard InChI is InChI=1S/C13H15F2N5O.ClH/c1-9-4-10(20-8-17-7-19-20)2-3-11(9)12(21)18-6-13(14,15)5-16;/h2-4,7-8H,5-6,16H2,1H3,(H,18,21);1H. The molecule has 0 saturated heterocycles. The minimum absolute atomic E-state index is 0. The van der Waals surface area contributed by atoms with Gasteiger partial charge in [0, 0.05) is 5.56 Å². The maximum atomic E-state index is 13.0. The maximum absolute atomic E-state index is 13.0. The molecule has 1 aromatic heterocycles. The highest BCUT2D eigenvalue weighted by atomic mass is 35.5. The molecule has 3 N–H and O–H groups in total. The predicted octanol–water partition coefficient (Wildman–Crippen LogP) is 1.32. The number of halogens is 3. The van der Waals surface area contributed by atoms with Crippen LogP contribution in [0.3, 0.4) is 0 Å². The molecule has 120 valence electrons. The molecule has 9 heteroatoms. The summed E-state index contributed by atoms with van der Waals surface area (Å²) in [6.45, 7) is 0.126. The molecule has 0 spiro atoms. The van der Waals surface area contributed by atoms with Crippen molar-refractivity contribution in [3.05, 3.63) is 42.0 Å². The van der Waals surface area contributed by atoms with Crippen LogP contribution in [0.25, 0.3) is 5.69 Å². The molecule has 0 aliphatic rings. The van der Waals surface area contributed by atoms with E-state index in [1.165, 1.54) is 17.3 Å². The molecule has 1 amide bonds. The van der Waals surface area contributed by atoms with Gasteiger partial charge in [0.15, 0.2) is 0 Å². The molecule has 1 heterocycles. The Kier molecular flexibility index (Phi) is 5.95. The van der Waals surface area contributed by atoms with E-state index in [0.29, 0.717) is 11.1 Å². The molecule has 2 rings (SSSR count). The Labute approximate surface area is 132 Å². The van der Waals surface area contributed by atoms with Gasteiger partial charge in [-0.1, -0.05) is 0 Å². The second-order valence-electron chi connectivity index (χ2n) is 4.58. The van der Waals surface area contributed by atoms with Crippen LogP contribution in [-0.4, -0.2) is 39.7 Å². The van der Waals surface area contributed by atoms with Crippen LogP contribution in [0.1, 0.15) is 15.9 Å². The number of rotatable bonds is 5. The Morgan fingerprint density at radius 1 is 1.45 bits per heavy atom. The molecule has 6 nitrogen and oxygen atoms in total. The van der Waals surface area contributed by atoms with Crippen molar-refractivity contribution in [2.75, 3.05) is 13.1 Å². The molecule has 22 heavy (non-hydrogen) atoms. The number of nitrogens with one attached hydrogen (secondary N) is 1. The first kappa shape index (κ1) is 18.0. The monoisotopic (exact) mass is 331 g/mol. The van der Waals surface area contributed by atoms with Crippen LogP contribution >= 0.6 is 12.4 Å². The largest absolute Gasteiger partial charge is 0.346 e. The number of nitrogens with zero attached hydrogens (tertiary/aromatic N) is 3. The second kappa shape index (κ2) is 7.28. The lowest BCUT2D eigenvalue weighted by atomic mass is 10.1. The highest BCUT2D eigenvalue weighted by molar-refractivity contribution is 5.95. The molecule has 0 radical (unpaired) electrons. The molecule has 0 aliphatic heterocycles. The second-order valence-corrected chi connectivity index (χ2v) is 4.58. The van der Waals surface area contributed by atoms with Crippen LogP contribution in [0.2, 0.25) is 0 Å². The zero-order valence-electron chi connectivity index (χ0n) is 11.8. The van der Waals surface area contributed by atoms with Crippen LogP contribution < -0.4 is 11.1 Å². The van der Waals surface area contributed by atoms with Gasteiger partial charge in [-0.3, -0.25) is 4.79 Å². The van der Waals surface area contributed by atoms with E-state index in [4.69, 9.17) is 5.73 Å². The van der Waals surface area contributed by atoms with Crippen molar-refractivity contribution in [1.82, 2.24) is 20.1 Å². The van der Waals surface area contributed by atoms with Gasteiger partial charge in [-0.2, -0.15) is 5.10 Å². The van der Waals surface area contributed by atoms with E-state index in [1.807, 2.05) is 0 Å². The van der Waals surface area contributed by atoms with E-state index in [2.05, 4.69) is 15.4 Å². The van der Waals surface area contributed by atoms with Gasteiger partial charge in [-0.25, -0.2) is 18.4 Å². The third-order valence-corrected chi connectivity index (χ3v) is 2.94. The number of hydrogen-bond donors (Lipinski definition) is 2. The van der Waals surface area contributed by atoms with Gasteiger partial charge in [0.2, 0.25) is 0 Å². The number of carbonyl (C=O) groups excluding carboxylic acids is 1. The van der Waals surface area contributed by atoms with E-state index in [1.54, 1.807) is 25.1 Å². The number of hydrogen-bond acceptors (Lipinski definition) is 4. The third kappa shape index (κ3) is 4.22. The Morgan fingerprint density at radius 2 is 2.18 bits per heavy atom. The summed E-state index contributed by atoms with van der Waals surface area (Å²) in [7, 11) is 0. The average Bonchev–Trinajstić information content (AvgIpc) is 2.99. The zero-order chi connectivity index (χ0) is 15.5. The number of benzene rings is 1. The highest BCUT2D eigenvalue weighted by Crippen LogP contribution is 2.15. The highest BCUT2D eigenvalue weighted by Gasteiger charge is 2.27. The molecule has 0 atom stereocenters. The predicted molar refractivity (Wildman–Crippen MR) is 79.7 cm³/mol. The van der Waals surface area contributed by atoms with Gasteiger partial charge in [-0.05, 0) is 30.7 Å². The van der Waals surface area contributed by atoms with Crippen molar-refractivity contribution in [3.63, 3.8) is 0 Å². The van der Waals surface area contributed by atoms with E-state index < -0.39 is 24.9 Å². The fourth-order valence-corrected chi connectivity index (χ4v) is 1.76. The fraction of sp³-hybridized carbons (Fsp3) is 0.308. The van der Waals surface area contributed by atoms with Crippen molar-refractivity contribution >= 4 is 18.3 Å². The fourth-order valence-electron chi connectivity index (χ4n) is 1.76. The van der Waals surface area contributed by atoms with Gasteiger partial charge < -0.3 is 11.1 Å². The summed E-state index contributed by atoms with van der Waals surface area (Å²) in [5, 5.41) is 6.16. The van der Waals surface area contributed by atoms with Crippen LogP contribution in [0.5, 0.6) is 0 Å². The van der Waals surface area contributed by atoms with E-state index in [9.17, 15) is 13.6 Å². The Morgan fingerprint density at radius 3 is 2.73 bits per heavy atom. The smallest absolute Gasteiger partial charge is 0.277 e. The summed E-state index contributed by atoms with van der Waals surface area (Å²) in [5.41, 5.74) is 6.62. The van der Waals surface area contributed by atoms with Gasteiger partial charge in [0.25, 0.3) is 11.8 Å². The normalized spacial score (nSPS) is 10.9. The van der Waals surface area contributed by atoms with E-state index in [-0.39, 0.29) is 12.4 Å². The van der Waals surface area contributed by atoms with Gasteiger partial charge >= 0.3 is 0 Å². The first-order valence-electron chi connectivity index (χ1n) is 6.25. The molecular weight excluding hydrogens is 316 g/mol. The summed E-state index contributed by atoms with van der Waals surface area (Å²) >= 11 is 0. The lowest BCUT2D eigenvalue weighted by Gasteiger charge is -2.15. The van der Waals surface area contributed by atoms with E-state index >= 15 is 0 Å². The SMILES string of the molecule is Cc1cc(-n2cncn2)ccc1C(=O)NCC(F)(F)CN.Cl. The lowest BCUT2D eigenvalue weighted by molar-refractivity contribution is 0.0118. The minimum Gasteiger partial charge on any atom is -0.346 e. The Hall–Kier alpha value is -2.06. The molecule has 0 aliphatic carbocycles. The number of carbonyl (C=O) groups is 1. The summed E-state index contributed by atoms with van der Waals surface area (Å²) in [6.07, 6.45) is 2.92. The van der Waals surface area contributed by atoms with Crippen molar-refractivity contribution in [2.24, 2.45) is 5.73 Å². The molecular formula is C13H16ClF2N5O. The summed E-state index contributed by atoms with van der Waals surface area (Å²) < 4.78 is 27.6. The number of amides is 1. The van der Waals surface area contributed by atoms with Gasteiger partial charge in [0.05, 0.1) is 18.8 Å². The zero-order valence-corrected chi connectivity index (χ0v) is 12.6. The molecule has 0 unspecified atom stereocenters. The Bertz CT molecular complexity index is 633.